The Morgan fingerprint density at radius 2 is 1.73 bits per heavy atom. The maximum absolute atomic E-state index is 11.6. The van der Waals surface area contributed by atoms with Crippen molar-refractivity contribution in [3.63, 3.8) is 0 Å². The number of nitro groups is 1. The fraction of sp³-hybridized carbons (Fsp3) is 0.391. The number of aromatic nitrogens is 3. The highest BCUT2D eigenvalue weighted by molar-refractivity contribution is 9.10. The second-order valence-corrected chi connectivity index (χ2v) is 9.47. The van der Waals surface area contributed by atoms with Gasteiger partial charge in [-0.25, -0.2) is 0 Å². The molecule has 0 N–H and O–H groups in total. The van der Waals surface area contributed by atoms with Gasteiger partial charge in [-0.2, -0.15) is 0 Å². The highest BCUT2D eigenvalue weighted by Crippen LogP contribution is 2.43. The van der Waals surface area contributed by atoms with Crippen molar-refractivity contribution >= 4 is 27.7 Å². The molecule has 1 heterocycles. The minimum atomic E-state index is -0.529. The van der Waals surface area contributed by atoms with Crippen LogP contribution in [0.5, 0.6) is 11.5 Å². The van der Waals surface area contributed by atoms with Crippen LogP contribution < -0.4 is 9.47 Å². The Bertz CT molecular complexity index is 1150. The summed E-state index contributed by atoms with van der Waals surface area (Å²) in [6, 6.07) is 9.73. The Morgan fingerprint density at radius 1 is 1.06 bits per heavy atom. The Morgan fingerprint density at radius 3 is 2.33 bits per heavy atom. The molecule has 0 fully saturated rings. The molecular weight excluding hydrogens is 508 g/mol. The molecule has 176 valence electrons. The smallest absolute Gasteiger partial charge is 0.220 e. The van der Waals surface area contributed by atoms with E-state index in [-0.39, 0.29) is 11.5 Å². The van der Waals surface area contributed by atoms with Crippen LogP contribution in [0.4, 0.5) is 0 Å². The van der Waals surface area contributed by atoms with E-state index >= 15 is 0 Å². The third-order valence-corrected chi connectivity index (χ3v) is 6.97. The summed E-state index contributed by atoms with van der Waals surface area (Å²) in [6.45, 7) is 10.4. The molecule has 0 aliphatic heterocycles. The molecule has 0 saturated heterocycles. The lowest BCUT2D eigenvalue weighted by Gasteiger charge is -2.19. The zero-order valence-electron chi connectivity index (χ0n) is 19.3. The zero-order valence-corrected chi connectivity index (χ0v) is 21.7. The number of aryl methyl sites for hydroxylation is 3. The van der Waals surface area contributed by atoms with Gasteiger partial charge in [0.1, 0.15) is 11.1 Å². The van der Waals surface area contributed by atoms with Crippen molar-refractivity contribution in [1.29, 1.82) is 0 Å². The van der Waals surface area contributed by atoms with Gasteiger partial charge >= 0.3 is 0 Å². The van der Waals surface area contributed by atoms with E-state index in [2.05, 4.69) is 39.1 Å². The van der Waals surface area contributed by atoms with E-state index in [0.717, 1.165) is 16.8 Å². The molecule has 2 aromatic carbocycles. The average Bonchev–Trinajstić information content (AvgIpc) is 3.11. The summed E-state index contributed by atoms with van der Waals surface area (Å²) in [7, 11) is 0. The number of ether oxygens (including phenoxy) is 2. The van der Waals surface area contributed by atoms with Crippen LogP contribution in [0.15, 0.2) is 40.0 Å². The Kier molecular flexibility index (Phi) is 8.36. The fourth-order valence-corrected chi connectivity index (χ4v) is 5.33. The molecule has 0 aliphatic carbocycles. The summed E-state index contributed by atoms with van der Waals surface area (Å²) in [5.41, 5.74) is 3.99. The van der Waals surface area contributed by atoms with Crippen molar-refractivity contribution in [2.75, 3.05) is 19.8 Å². The first-order valence-corrected chi connectivity index (χ1v) is 12.3. The summed E-state index contributed by atoms with van der Waals surface area (Å²) in [4.78, 5) is 11.3. The van der Waals surface area contributed by atoms with Gasteiger partial charge in [-0.3, -0.25) is 14.7 Å². The molecule has 33 heavy (non-hydrogen) atoms. The quantitative estimate of drug-likeness (QED) is 0.182. The second kappa shape index (κ2) is 11.0. The van der Waals surface area contributed by atoms with Gasteiger partial charge < -0.3 is 9.47 Å². The Balaban J connectivity index is 2.05. The standard InChI is InChI=1S/C23H27BrN4O4S/c1-6-31-20-11-18(19(24)12-21(20)32-7-2)22(13-27(29)30)33-23-26-25-16(5)28(23)17-9-8-14(3)15(4)10-17/h8-12,22H,6-7,13H2,1-5H3/t22-/m0/s1. The lowest BCUT2D eigenvalue weighted by Crippen LogP contribution is -2.12. The van der Waals surface area contributed by atoms with Crippen LogP contribution in [0.1, 0.15) is 41.6 Å². The van der Waals surface area contributed by atoms with E-state index in [1.165, 1.54) is 17.3 Å². The van der Waals surface area contributed by atoms with E-state index in [4.69, 9.17) is 9.47 Å². The Hall–Kier alpha value is -2.59. The minimum Gasteiger partial charge on any atom is -0.490 e. The molecule has 0 radical (unpaired) electrons. The topological polar surface area (TPSA) is 92.3 Å². The van der Waals surface area contributed by atoms with Crippen molar-refractivity contribution in [2.24, 2.45) is 0 Å². The van der Waals surface area contributed by atoms with Gasteiger partial charge in [0, 0.05) is 15.1 Å². The lowest BCUT2D eigenvalue weighted by molar-refractivity contribution is -0.479. The summed E-state index contributed by atoms with van der Waals surface area (Å²) in [6.07, 6.45) is 0. The van der Waals surface area contributed by atoms with Gasteiger partial charge in [0.2, 0.25) is 6.54 Å². The third kappa shape index (κ3) is 5.86. The number of hydrogen-bond donors (Lipinski definition) is 0. The number of halogens is 1. The first-order chi connectivity index (χ1) is 15.7. The molecule has 10 heteroatoms. The van der Waals surface area contributed by atoms with Crippen LogP contribution in [0.3, 0.4) is 0 Å². The van der Waals surface area contributed by atoms with Gasteiger partial charge in [-0.05, 0) is 75.6 Å². The minimum absolute atomic E-state index is 0.290. The van der Waals surface area contributed by atoms with Crippen LogP contribution in [0, 0.1) is 30.9 Å². The molecule has 0 unspecified atom stereocenters. The Labute approximate surface area is 206 Å². The molecule has 8 nitrogen and oxygen atoms in total. The van der Waals surface area contributed by atoms with Gasteiger partial charge in [0.25, 0.3) is 0 Å². The van der Waals surface area contributed by atoms with Crippen LogP contribution >= 0.6 is 27.7 Å². The van der Waals surface area contributed by atoms with Crippen molar-refractivity contribution in [1.82, 2.24) is 14.8 Å². The second-order valence-electron chi connectivity index (χ2n) is 7.44. The van der Waals surface area contributed by atoms with Gasteiger partial charge in [0.05, 0.1) is 13.2 Å². The summed E-state index contributed by atoms with van der Waals surface area (Å²) in [5.74, 6) is 1.86. The first-order valence-electron chi connectivity index (χ1n) is 10.6. The average molecular weight is 535 g/mol. The predicted molar refractivity (Wildman–Crippen MR) is 133 cm³/mol. The van der Waals surface area contributed by atoms with Crippen molar-refractivity contribution in [3.05, 3.63) is 67.4 Å². The van der Waals surface area contributed by atoms with Crippen LogP contribution in [0.2, 0.25) is 0 Å². The number of nitrogens with zero attached hydrogens (tertiary/aromatic N) is 4. The number of hydrogen-bond acceptors (Lipinski definition) is 7. The van der Waals surface area contributed by atoms with Crippen molar-refractivity contribution in [3.8, 4) is 17.2 Å². The van der Waals surface area contributed by atoms with Gasteiger partial charge in [-0.15, -0.1) is 10.2 Å². The number of benzene rings is 2. The largest absolute Gasteiger partial charge is 0.490 e. The van der Waals surface area contributed by atoms with E-state index in [9.17, 15) is 10.1 Å². The SMILES string of the molecule is CCOc1cc(Br)c([C@H](C[N+](=O)[O-])Sc2nnc(C)n2-c2ccc(C)c(C)c2)cc1OCC. The molecule has 3 aromatic rings. The third-order valence-electron chi connectivity index (χ3n) is 5.12. The normalized spacial score (nSPS) is 11.9. The van der Waals surface area contributed by atoms with Crippen LogP contribution in [-0.4, -0.2) is 39.4 Å². The van der Waals surface area contributed by atoms with E-state index in [1.54, 1.807) is 6.07 Å². The van der Waals surface area contributed by atoms with Crippen molar-refractivity contribution in [2.45, 2.75) is 45.0 Å². The highest BCUT2D eigenvalue weighted by atomic mass is 79.9. The lowest BCUT2D eigenvalue weighted by atomic mass is 10.1. The molecule has 0 amide bonds. The molecule has 0 saturated carbocycles. The van der Waals surface area contributed by atoms with Crippen molar-refractivity contribution < 1.29 is 14.4 Å². The first kappa shape index (κ1) is 25.0. The van der Waals surface area contributed by atoms with Crippen LogP contribution in [0.25, 0.3) is 5.69 Å². The molecular formula is C23H27BrN4O4S. The summed E-state index contributed by atoms with van der Waals surface area (Å²) >= 11 is 4.88. The highest BCUT2D eigenvalue weighted by Gasteiger charge is 2.27. The fourth-order valence-electron chi connectivity index (χ4n) is 3.38. The number of rotatable bonds is 10. The van der Waals surface area contributed by atoms with Crippen LogP contribution in [-0.2, 0) is 0 Å². The molecule has 0 bridgehead atoms. The van der Waals surface area contributed by atoms with E-state index in [0.29, 0.717) is 40.2 Å². The maximum atomic E-state index is 11.6. The van der Waals surface area contributed by atoms with Gasteiger partial charge in [0.15, 0.2) is 16.7 Å². The molecule has 0 spiro atoms. The molecule has 1 aromatic heterocycles. The molecule has 3 rings (SSSR count). The predicted octanol–water partition coefficient (Wildman–Crippen LogP) is 5.86. The monoisotopic (exact) mass is 534 g/mol. The summed E-state index contributed by atoms with van der Waals surface area (Å²) in [5, 5.41) is 20.2. The zero-order chi connectivity index (χ0) is 24.1. The molecule has 0 aliphatic rings. The number of thioether (sulfide) groups is 1. The summed E-state index contributed by atoms with van der Waals surface area (Å²) < 4.78 is 14.1. The molecule has 1 atom stereocenters. The maximum Gasteiger partial charge on any atom is 0.220 e. The van der Waals surface area contributed by atoms with E-state index < -0.39 is 5.25 Å². The van der Waals surface area contributed by atoms with E-state index in [1.807, 2.05) is 50.5 Å². The van der Waals surface area contributed by atoms with Gasteiger partial charge in [-0.1, -0.05) is 33.8 Å².